The van der Waals surface area contributed by atoms with Gasteiger partial charge >= 0.3 is 0 Å². The Labute approximate surface area is 106 Å². The van der Waals surface area contributed by atoms with Crippen molar-refractivity contribution in [3.05, 3.63) is 23.8 Å². The Bertz CT molecular complexity index is 424. The van der Waals surface area contributed by atoms with E-state index in [1.807, 2.05) is 11.8 Å². The van der Waals surface area contributed by atoms with E-state index in [0.29, 0.717) is 18.8 Å². The van der Waals surface area contributed by atoms with Gasteiger partial charge in [-0.05, 0) is 25.8 Å². The van der Waals surface area contributed by atoms with Gasteiger partial charge in [-0.15, -0.1) is 0 Å². The Balaban J connectivity index is 2.20. The van der Waals surface area contributed by atoms with Crippen molar-refractivity contribution in [3.8, 4) is 0 Å². The molecule has 5 heteroatoms. The van der Waals surface area contributed by atoms with Gasteiger partial charge in [-0.2, -0.15) is 0 Å². The highest BCUT2D eigenvalue weighted by molar-refractivity contribution is 5.68. The van der Waals surface area contributed by atoms with E-state index in [-0.39, 0.29) is 11.8 Å². The number of hydrogen-bond donors (Lipinski definition) is 1. The van der Waals surface area contributed by atoms with Crippen molar-refractivity contribution in [1.29, 1.82) is 0 Å². The van der Waals surface area contributed by atoms with Gasteiger partial charge in [0.2, 0.25) is 0 Å². The number of anilines is 2. The highest BCUT2D eigenvalue weighted by Gasteiger charge is 2.23. The molecule has 2 N–H and O–H groups in total. The summed E-state index contributed by atoms with van der Waals surface area (Å²) in [5.74, 6) is -1.31. The maximum atomic E-state index is 13.4. The summed E-state index contributed by atoms with van der Waals surface area (Å²) in [6, 6.07) is 2.09. The van der Waals surface area contributed by atoms with Crippen molar-refractivity contribution in [1.82, 2.24) is 0 Å². The van der Waals surface area contributed by atoms with Crippen LogP contribution < -0.4 is 10.6 Å². The third-order valence-corrected chi connectivity index (χ3v) is 3.19. The van der Waals surface area contributed by atoms with Gasteiger partial charge in [-0.25, -0.2) is 8.78 Å². The van der Waals surface area contributed by atoms with Crippen molar-refractivity contribution >= 4 is 11.4 Å². The number of nitrogens with zero attached hydrogens (tertiary/aromatic N) is 1. The molecule has 0 bridgehead atoms. The lowest BCUT2D eigenvalue weighted by Crippen LogP contribution is -2.40. The zero-order chi connectivity index (χ0) is 13.1. The zero-order valence-corrected chi connectivity index (χ0v) is 10.5. The molecule has 18 heavy (non-hydrogen) atoms. The summed E-state index contributed by atoms with van der Waals surface area (Å²) in [6.07, 6.45) is 2.01. The second-order valence-electron chi connectivity index (χ2n) is 4.49. The minimum absolute atomic E-state index is 0.00792. The molecule has 1 unspecified atom stereocenters. The molecule has 1 aliphatic rings. The number of benzene rings is 1. The summed E-state index contributed by atoms with van der Waals surface area (Å²) in [5.41, 5.74) is 6.11. The molecule has 0 aromatic heterocycles. The van der Waals surface area contributed by atoms with Gasteiger partial charge in [0.05, 0.1) is 17.5 Å². The molecule has 1 fully saturated rings. The van der Waals surface area contributed by atoms with E-state index >= 15 is 0 Å². The molecular weight excluding hydrogens is 238 g/mol. The SMILES string of the molecule is CCOC1CCCN(c2cc(F)cc(F)c2N)C1. The molecular formula is C13H18F2N2O. The Hall–Kier alpha value is -1.36. The van der Waals surface area contributed by atoms with Crippen molar-refractivity contribution in [2.75, 3.05) is 30.3 Å². The molecule has 3 nitrogen and oxygen atoms in total. The molecule has 0 saturated carbocycles. The summed E-state index contributed by atoms with van der Waals surface area (Å²) in [7, 11) is 0. The molecule has 1 aromatic carbocycles. The quantitative estimate of drug-likeness (QED) is 0.845. The maximum absolute atomic E-state index is 13.4. The van der Waals surface area contributed by atoms with Crippen LogP contribution in [0.5, 0.6) is 0 Å². The number of rotatable bonds is 3. The molecule has 0 aliphatic carbocycles. The van der Waals surface area contributed by atoms with Crippen LogP contribution in [-0.2, 0) is 4.74 Å². The highest BCUT2D eigenvalue weighted by Crippen LogP contribution is 2.30. The van der Waals surface area contributed by atoms with E-state index in [9.17, 15) is 8.78 Å². The van der Waals surface area contributed by atoms with E-state index in [4.69, 9.17) is 10.5 Å². The normalized spacial score (nSPS) is 20.2. The van der Waals surface area contributed by atoms with Crippen LogP contribution in [0.15, 0.2) is 12.1 Å². The predicted octanol–water partition coefficient (Wildman–Crippen LogP) is 2.55. The van der Waals surface area contributed by atoms with Crippen LogP contribution in [0, 0.1) is 11.6 Å². The fourth-order valence-electron chi connectivity index (χ4n) is 2.36. The van der Waals surface area contributed by atoms with E-state index in [2.05, 4.69) is 0 Å². The predicted molar refractivity (Wildman–Crippen MR) is 67.6 cm³/mol. The molecule has 0 amide bonds. The fourth-order valence-corrected chi connectivity index (χ4v) is 2.36. The standard InChI is InChI=1S/C13H18F2N2O/c1-2-18-10-4-3-5-17(8-10)12-7-9(14)6-11(15)13(12)16/h6-7,10H,2-5,8,16H2,1H3. The van der Waals surface area contributed by atoms with Gasteiger partial charge in [0.15, 0.2) is 5.82 Å². The average molecular weight is 256 g/mol. The van der Waals surface area contributed by atoms with Gasteiger partial charge in [0, 0.05) is 25.8 Å². The number of nitrogens with two attached hydrogens (primary N) is 1. The number of piperidine rings is 1. The van der Waals surface area contributed by atoms with E-state index in [0.717, 1.165) is 25.5 Å². The lowest BCUT2D eigenvalue weighted by Gasteiger charge is -2.34. The Morgan fingerprint density at radius 2 is 2.22 bits per heavy atom. The van der Waals surface area contributed by atoms with E-state index in [1.54, 1.807) is 0 Å². The molecule has 2 rings (SSSR count). The Kier molecular flexibility index (Phi) is 4.01. The van der Waals surface area contributed by atoms with Crippen molar-refractivity contribution in [3.63, 3.8) is 0 Å². The van der Waals surface area contributed by atoms with Crippen LogP contribution >= 0.6 is 0 Å². The topological polar surface area (TPSA) is 38.5 Å². The first kappa shape index (κ1) is 13.1. The van der Waals surface area contributed by atoms with Crippen LogP contribution in [0.3, 0.4) is 0 Å². The smallest absolute Gasteiger partial charge is 0.151 e. The molecule has 100 valence electrons. The monoisotopic (exact) mass is 256 g/mol. The third kappa shape index (κ3) is 2.72. The van der Waals surface area contributed by atoms with Crippen LogP contribution in [0.25, 0.3) is 0 Å². The van der Waals surface area contributed by atoms with Crippen molar-refractivity contribution < 1.29 is 13.5 Å². The van der Waals surface area contributed by atoms with Crippen LogP contribution in [0.2, 0.25) is 0 Å². The molecule has 0 spiro atoms. The van der Waals surface area contributed by atoms with Crippen LogP contribution in [-0.4, -0.2) is 25.8 Å². The number of hydrogen-bond acceptors (Lipinski definition) is 3. The van der Waals surface area contributed by atoms with Gasteiger partial charge < -0.3 is 15.4 Å². The minimum Gasteiger partial charge on any atom is -0.395 e. The molecule has 1 aromatic rings. The van der Waals surface area contributed by atoms with Gasteiger partial charge in [-0.3, -0.25) is 0 Å². The molecule has 1 heterocycles. The fraction of sp³-hybridized carbons (Fsp3) is 0.538. The lowest BCUT2D eigenvalue weighted by molar-refractivity contribution is 0.0527. The van der Waals surface area contributed by atoms with Crippen LogP contribution in [0.1, 0.15) is 19.8 Å². The number of ether oxygens (including phenoxy) is 1. The Morgan fingerprint density at radius 3 is 2.94 bits per heavy atom. The second kappa shape index (κ2) is 5.52. The van der Waals surface area contributed by atoms with Crippen LogP contribution in [0.4, 0.5) is 20.2 Å². The van der Waals surface area contributed by atoms with Gasteiger partial charge in [-0.1, -0.05) is 0 Å². The highest BCUT2D eigenvalue weighted by atomic mass is 19.1. The molecule has 1 aliphatic heterocycles. The summed E-state index contributed by atoms with van der Waals surface area (Å²) in [5, 5.41) is 0. The van der Waals surface area contributed by atoms with Crippen molar-refractivity contribution in [2.24, 2.45) is 0 Å². The lowest BCUT2D eigenvalue weighted by atomic mass is 10.1. The Morgan fingerprint density at radius 1 is 1.44 bits per heavy atom. The maximum Gasteiger partial charge on any atom is 0.151 e. The number of halogens is 2. The minimum atomic E-state index is -0.705. The van der Waals surface area contributed by atoms with Gasteiger partial charge in [0.25, 0.3) is 0 Å². The summed E-state index contributed by atoms with van der Waals surface area (Å²) in [6.45, 7) is 3.96. The molecule has 1 atom stereocenters. The summed E-state index contributed by atoms with van der Waals surface area (Å²) < 4.78 is 32.2. The van der Waals surface area contributed by atoms with E-state index in [1.165, 1.54) is 6.07 Å². The molecule has 1 saturated heterocycles. The molecule has 0 radical (unpaired) electrons. The van der Waals surface area contributed by atoms with Crippen molar-refractivity contribution in [2.45, 2.75) is 25.9 Å². The largest absolute Gasteiger partial charge is 0.395 e. The van der Waals surface area contributed by atoms with Gasteiger partial charge in [0.1, 0.15) is 5.82 Å². The number of nitrogen functional groups attached to an aromatic ring is 1. The first-order valence-electron chi connectivity index (χ1n) is 6.23. The van der Waals surface area contributed by atoms with E-state index < -0.39 is 11.6 Å². The first-order chi connectivity index (χ1) is 8.61. The summed E-state index contributed by atoms with van der Waals surface area (Å²) in [4.78, 5) is 1.89. The summed E-state index contributed by atoms with van der Waals surface area (Å²) >= 11 is 0. The zero-order valence-electron chi connectivity index (χ0n) is 10.5. The second-order valence-corrected chi connectivity index (χ2v) is 4.49. The first-order valence-corrected chi connectivity index (χ1v) is 6.23. The third-order valence-electron chi connectivity index (χ3n) is 3.19. The average Bonchev–Trinajstić information content (AvgIpc) is 2.34.